The normalized spacial score (nSPS) is 27.2. The molecular formula is C15H29N. The van der Waals surface area contributed by atoms with E-state index in [1.807, 2.05) is 0 Å². The topological polar surface area (TPSA) is 3.24 Å². The fourth-order valence-electron chi connectivity index (χ4n) is 2.49. The van der Waals surface area contributed by atoms with Crippen LogP contribution in [0.15, 0.2) is 11.6 Å². The van der Waals surface area contributed by atoms with Gasteiger partial charge in [-0.2, -0.15) is 0 Å². The highest BCUT2D eigenvalue weighted by Crippen LogP contribution is 2.36. The minimum absolute atomic E-state index is 0.749. The summed E-state index contributed by atoms with van der Waals surface area (Å²) in [5.74, 6) is 1.68. The quantitative estimate of drug-likeness (QED) is 0.587. The Hall–Kier alpha value is -0.300. The lowest BCUT2D eigenvalue weighted by Gasteiger charge is -2.26. The number of nitrogens with zero attached hydrogens (tertiary/aromatic N) is 1. The molecule has 0 aromatic carbocycles. The van der Waals surface area contributed by atoms with Crippen LogP contribution in [0.4, 0.5) is 0 Å². The summed E-state index contributed by atoms with van der Waals surface area (Å²) in [5, 5.41) is 0. The Labute approximate surface area is 102 Å². The third-order valence-electron chi connectivity index (χ3n) is 4.05. The van der Waals surface area contributed by atoms with Gasteiger partial charge in [0, 0.05) is 12.6 Å². The van der Waals surface area contributed by atoms with Crippen molar-refractivity contribution in [3.8, 4) is 0 Å². The third kappa shape index (κ3) is 3.62. The lowest BCUT2D eigenvalue weighted by Crippen LogP contribution is -2.31. The molecule has 16 heavy (non-hydrogen) atoms. The second kappa shape index (κ2) is 6.44. The van der Waals surface area contributed by atoms with Crippen molar-refractivity contribution >= 4 is 0 Å². The monoisotopic (exact) mass is 223 g/mol. The van der Waals surface area contributed by atoms with Crippen LogP contribution in [0.2, 0.25) is 0 Å². The predicted molar refractivity (Wildman–Crippen MR) is 72.6 cm³/mol. The Morgan fingerprint density at radius 3 is 2.44 bits per heavy atom. The van der Waals surface area contributed by atoms with Crippen LogP contribution >= 0.6 is 0 Å². The van der Waals surface area contributed by atoms with Gasteiger partial charge in [-0.05, 0) is 44.6 Å². The molecule has 0 bridgehead atoms. The first-order chi connectivity index (χ1) is 7.63. The summed E-state index contributed by atoms with van der Waals surface area (Å²) in [4.78, 5) is 2.70. The highest BCUT2D eigenvalue weighted by atomic mass is 15.2. The molecule has 1 aliphatic carbocycles. The van der Waals surface area contributed by atoms with Crippen LogP contribution in [0.25, 0.3) is 0 Å². The van der Waals surface area contributed by atoms with Gasteiger partial charge < -0.3 is 0 Å². The molecule has 3 unspecified atom stereocenters. The van der Waals surface area contributed by atoms with Crippen molar-refractivity contribution in [2.45, 2.75) is 59.9 Å². The summed E-state index contributed by atoms with van der Waals surface area (Å²) < 4.78 is 0. The molecule has 0 spiro atoms. The minimum atomic E-state index is 0.749. The summed E-state index contributed by atoms with van der Waals surface area (Å²) in [5.41, 5.74) is 1.63. The molecule has 1 fully saturated rings. The Morgan fingerprint density at radius 1 is 1.44 bits per heavy atom. The maximum absolute atomic E-state index is 2.70. The Kier molecular flexibility index (Phi) is 5.54. The molecule has 0 aromatic heterocycles. The molecule has 0 amide bonds. The van der Waals surface area contributed by atoms with E-state index in [2.05, 4.69) is 45.6 Å². The third-order valence-corrected chi connectivity index (χ3v) is 4.05. The summed E-state index contributed by atoms with van der Waals surface area (Å²) in [6, 6.07) is 0.874. The van der Waals surface area contributed by atoms with E-state index in [0.29, 0.717) is 0 Å². The average Bonchev–Trinajstić information content (AvgIpc) is 3.00. The number of rotatable bonds is 7. The van der Waals surface area contributed by atoms with E-state index in [1.54, 1.807) is 5.57 Å². The van der Waals surface area contributed by atoms with Gasteiger partial charge in [-0.1, -0.05) is 39.3 Å². The van der Waals surface area contributed by atoms with E-state index in [9.17, 15) is 0 Å². The second-order valence-electron chi connectivity index (χ2n) is 5.42. The highest BCUT2D eigenvalue weighted by molar-refractivity contribution is 5.09. The summed E-state index contributed by atoms with van der Waals surface area (Å²) in [6.07, 6.45) is 6.29. The van der Waals surface area contributed by atoms with E-state index in [1.165, 1.54) is 32.4 Å². The highest BCUT2D eigenvalue weighted by Gasteiger charge is 2.37. The molecule has 3 atom stereocenters. The number of allylic oxidation sites excluding steroid dienone is 1. The van der Waals surface area contributed by atoms with E-state index in [4.69, 9.17) is 0 Å². The van der Waals surface area contributed by atoms with Crippen LogP contribution in [-0.4, -0.2) is 24.0 Å². The molecule has 0 saturated heterocycles. The smallest absolute Gasteiger partial charge is 0.0198 e. The minimum Gasteiger partial charge on any atom is -0.296 e. The first kappa shape index (κ1) is 13.8. The molecule has 1 saturated carbocycles. The van der Waals surface area contributed by atoms with Crippen molar-refractivity contribution in [1.82, 2.24) is 4.90 Å². The molecular weight excluding hydrogens is 194 g/mol. The zero-order chi connectivity index (χ0) is 12.1. The fraction of sp³-hybridized carbons (Fsp3) is 0.867. The van der Waals surface area contributed by atoms with E-state index in [0.717, 1.165) is 17.9 Å². The van der Waals surface area contributed by atoms with Gasteiger partial charge in [0.25, 0.3) is 0 Å². The Bertz CT molecular complexity index is 232. The molecule has 1 nitrogen and oxygen atoms in total. The zero-order valence-corrected chi connectivity index (χ0v) is 11.8. The van der Waals surface area contributed by atoms with Crippen LogP contribution in [0, 0.1) is 11.8 Å². The molecule has 0 N–H and O–H groups in total. The molecule has 1 rings (SSSR count). The molecule has 94 valence electrons. The van der Waals surface area contributed by atoms with Gasteiger partial charge in [-0.15, -0.1) is 0 Å². The van der Waals surface area contributed by atoms with Gasteiger partial charge >= 0.3 is 0 Å². The summed E-state index contributed by atoms with van der Waals surface area (Å²) >= 11 is 0. The van der Waals surface area contributed by atoms with Crippen LogP contribution in [0.5, 0.6) is 0 Å². The SMILES string of the molecule is CC=C(CN(CCC)C1CC1C)C(C)CC. The van der Waals surface area contributed by atoms with E-state index >= 15 is 0 Å². The predicted octanol–water partition coefficient (Wildman–Crippen LogP) is 4.10. The molecule has 1 aliphatic rings. The number of hydrogen-bond donors (Lipinski definition) is 0. The molecule has 0 aliphatic heterocycles. The molecule has 0 aromatic rings. The maximum Gasteiger partial charge on any atom is 0.0198 e. The van der Waals surface area contributed by atoms with Crippen LogP contribution in [0.3, 0.4) is 0 Å². The van der Waals surface area contributed by atoms with E-state index < -0.39 is 0 Å². The van der Waals surface area contributed by atoms with Crippen molar-refractivity contribution in [3.63, 3.8) is 0 Å². The zero-order valence-electron chi connectivity index (χ0n) is 11.8. The van der Waals surface area contributed by atoms with Crippen molar-refractivity contribution < 1.29 is 0 Å². The van der Waals surface area contributed by atoms with Gasteiger partial charge in [0.05, 0.1) is 0 Å². The van der Waals surface area contributed by atoms with Crippen molar-refractivity contribution in [1.29, 1.82) is 0 Å². The largest absolute Gasteiger partial charge is 0.296 e. The van der Waals surface area contributed by atoms with Gasteiger partial charge in [0.15, 0.2) is 0 Å². The van der Waals surface area contributed by atoms with Gasteiger partial charge in [0.1, 0.15) is 0 Å². The standard InChI is InChI=1S/C15H29N/c1-6-9-16(15-10-13(15)5)11-14(8-3)12(4)7-2/h8,12-13,15H,6-7,9-11H2,1-5H3. The van der Waals surface area contributed by atoms with Crippen LogP contribution in [-0.2, 0) is 0 Å². The first-order valence-corrected chi connectivity index (χ1v) is 7.03. The van der Waals surface area contributed by atoms with Gasteiger partial charge in [-0.25, -0.2) is 0 Å². The lowest BCUT2D eigenvalue weighted by atomic mass is 9.97. The van der Waals surface area contributed by atoms with Crippen LogP contribution in [0.1, 0.15) is 53.9 Å². The molecule has 0 radical (unpaired) electrons. The Morgan fingerprint density at radius 2 is 2.06 bits per heavy atom. The second-order valence-corrected chi connectivity index (χ2v) is 5.42. The van der Waals surface area contributed by atoms with Crippen LogP contribution < -0.4 is 0 Å². The van der Waals surface area contributed by atoms with Crippen molar-refractivity contribution in [2.75, 3.05) is 13.1 Å². The first-order valence-electron chi connectivity index (χ1n) is 7.03. The lowest BCUT2D eigenvalue weighted by molar-refractivity contribution is 0.267. The summed E-state index contributed by atoms with van der Waals surface area (Å²) in [7, 11) is 0. The van der Waals surface area contributed by atoms with Gasteiger partial charge in [-0.3, -0.25) is 4.90 Å². The van der Waals surface area contributed by atoms with Crippen molar-refractivity contribution in [3.05, 3.63) is 11.6 Å². The average molecular weight is 223 g/mol. The van der Waals surface area contributed by atoms with Crippen molar-refractivity contribution in [2.24, 2.45) is 11.8 Å². The summed E-state index contributed by atoms with van der Waals surface area (Å²) in [6.45, 7) is 14.0. The fourth-order valence-corrected chi connectivity index (χ4v) is 2.49. The molecule has 1 heteroatoms. The Balaban J connectivity index is 2.52. The maximum atomic E-state index is 2.70. The molecule has 0 heterocycles. The van der Waals surface area contributed by atoms with E-state index in [-0.39, 0.29) is 0 Å². The number of hydrogen-bond acceptors (Lipinski definition) is 1. The van der Waals surface area contributed by atoms with Gasteiger partial charge in [0.2, 0.25) is 0 Å².